The first-order chi connectivity index (χ1) is 12.4. The van der Waals surface area contributed by atoms with Crippen molar-refractivity contribution in [2.75, 3.05) is 27.2 Å². The number of carbonyl (C=O) groups is 3. The first-order valence-corrected chi connectivity index (χ1v) is 9.80. The summed E-state index contributed by atoms with van der Waals surface area (Å²) in [6, 6.07) is 7.47. The number of aryl methyl sites for hydroxylation is 1. The molecule has 2 fully saturated rings. The van der Waals surface area contributed by atoms with Gasteiger partial charge in [0.05, 0.1) is 6.42 Å². The van der Waals surface area contributed by atoms with Gasteiger partial charge in [0.15, 0.2) is 0 Å². The van der Waals surface area contributed by atoms with Crippen LogP contribution in [0, 0.1) is 6.92 Å². The molecule has 0 saturated carbocycles. The Labute approximate surface area is 158 Å². The smallest absolute Gasteiger partial charge is 0.326 e. The Hall–Kier alpha value is -2.02. The number of amides is 4. The highest BCUT2D eigenvalue weighted by Crippen LogP contribution is 2.31. The maximum atomic E-state index is 12.6. The predicted molar refractivity (Wildman–Crippen MR) is 101 cm³/mol. The molecule has 7 heteroatoms. The molecule has 3 rings (SSSR count). The number of urea groups is 1. The van der Waals surface area contributed by atoms with Gasteiger partial charge in [0.1, 0.15) is 6.04 Å². The van der Waals surface area contributed by atoms with E-state index in [1.54, 1.807) is 7.05 Å². The minimum Gasteiger partial charge on any atom is -0.343 e. The van der Waals surface area contributed by atoms with Gasteiger partial charge in [-0.15, -0.1) is 11.8 Å². The average Bonchev–Trinajstić information content (AvgIpc) is 2.80. The SMILES string of the molecule is Cc1cccc(SC2CCN(C(=O)C[C@H]3C(=O)N(C)C(=O)N3C)CC2)c1. The maximum Gasteiger partial charge on any atom is 0.326 e. The lowest BCUT2D eigenvalue weighted by atomic mass is 10.1. The normalized spacial score (nSPS) is 21.7. The molecule has 1 aromatic carbocycles. The number of thioether (sulfide) groups is 1. The lowest BCUT2D eigenvalue weighted by molar-refractivity contribution is -0.137. The van der Waals surface area contributed by atoms with Crippen molar-refractivity contribution in [1.82, 2.24) is 14.7 Å². The molecule has 1 atom stereocenters. The molecule has 26 heavy (non-hydrogen) atoms. The molecule has 0 spiro atoms. The van der Waals surface area contributed by atoms with Crippen molar-refractivity contribution in [2.45, 2.75) is 42.4 Å². The van der Waals surface area contributed by atoms with Crippen molar-refractivity contribution in [3.8, 4) is 0 Å². The van der Waals surface area contributed by atoms with Crippen molar-refractivity contribution in [3.63, 3.8) is 0 Å². The number of benzene rings is 1. The lowest BCUT2D eigenvalue weighted by Crippen LogP contribution is -2.43. The van der Waals surface area contributed by atoms with Crippen LogP contribution in [0.1, 0.15) is 24.8 Å². The summed E-state index contributed by atoms with van der Waals surface area (Å²) < 4.78 is 0. The quantitative estimate of drug-likeness (QED) is 0.758. The van der Waals surface area contributed by atoms with Gasteiger partial charge in [0.25, 0.3) is 5.91 Å². The number of nitrogens with zero attached hydrogens (tertiary/aromatic N) is 3. The minimum absolute atomic E-state index is 0.0442. The Morgan fingerprint density at radius 2 is 1.88 bits per heavy atom. The van der Waals surface area contributed by atoms with E-state index in [9.17, 15) is 14.4 Å². The molecule has 2 aliphatic rings. The molecule has 4 amide bonds. The highest BCUT2D eigenvalue weighted by molar-refractivity contribution is 8.00. The summed E-state index contributed by atoms with van der Waals surface area (Å²) in [4.78, 5) is 42.1. The zero-order valence-electron chi connectivity index (χ0n) is 15.5. The van der Waals surface area contributed by atoms with Gasteiger partial charge in [-0.1, -0.05) is 17.7 Å². The molecule has 0 aromatic heterocycles. The van der Waals surface area contributed by atoms with Crippen LogP contribution < -0.4 is 0 Å². The maximum absolute atomic E-state index is 12.6. The van der Waals surface area contributed by atoms with Crippen LogP contribution >= 0.6 is 11.8 Å². The zero-order chi connectivity index (χ0) is 18.8. The van der Waals surface area contributed by atoms with Crippen LogP contribution in [0.15, 0.2) is 29.2 Å². The summed E-state index contributed by atoms with van der Waals surface area (Å²) in [7, 11) is 3.03. The molecule has 0 radical (unpaired) electrons. The fraction of sp³-hybridized carbons (Fsp3) is 0.526. The first kappa shape index (κ1) is 18.8. The van der Waals surface area contributed by atoms with Crippen LogP contribution in [0.5, 0.6) is 0 Å². The van der Waals surface area contributed by atoms with Gasteiger partial charge in [-0.2, -0.15) is 0 Å². The number of carbonyl (C=O) groups excluding carboxylic acids is 3. The van der Waals surface area contributed by atoms with Crippen molar-refractivity contribution in [1.29, 1.82) is 0 Å². The Morgan fingerprint density at radius 1 is 1.19 bits per heavy atom. The van der Waals surface area contributed by atoms with Crippen molar-refractivity contribution in [3.05, 3.63) is 29.8 Å². The van der Waals surface area contributed by atoms with E-state index >= 15 is 0 Å². The molecule has 0 bridgehead atoms. The number of hydrogen-bond acceptors (Lipinski definition) is 4. The summed E-state index contributed by atoms with van der Waals surface area (Å²) in [5, 5.41) is 0.504. The van der Waals surface area contributed by atoms with Crippen molar-refractivity contribution >= 4 is 29.6 Å². The van der Waals surface area contributed by atoms with E-state index in [4.69, 9.17) is 0 Å². The van der Waals surface area contributed by atoms with Crippen LogP contribution in [0.25, 0.3) is 0 Å². The molecule has 2 saturated heterocycles. The Bertz CT molecular complexity index is 716. The molecule has 0 unspecified atom stereocenters. The van der Waals surface area contributed by atoms with Crippen molar-refractivity contribution in [2.24, 2.45) is 0 Å². The molecule has 6 nitrogen and oxygen atoms in total. The molecular formula is C19H25N3O3S. The van der Waals surface area contributed by atoms with Gasteiger partial charge in [0, 0.05) is 37.3 Å². The Kier molecular flexibility index (Phi) is 5.55. The second-order valence-electron chi connectivity index (χ2n) is 7.03. The average molecular weight is 375 g/mol. The van der Waals surface area contributed by atoms with E-state index < -0.39 is 6.04 Å². The van der Waals surface area contributed by atoms with E-state index in [1.807, 2.05) is 16.7 Å². The molecule has 0 N–H and O–H groups in total. The largest absolute Gasteiger partial charge is 0.343 e. The van der Waals surface area contributed by atoms with Crippen LogP contribution in [0.4, 0.5) is 4.79 Å². The van der Waals surface area contributed by atoms with Gasteiger partial charge in [-0.05, 0) is 31.9 Å². The van der Waals surface area contributed by atoms with E-state index in [1.165, 1.54) is 22.4 Å². The summed E-state index contributed by atoms with van der Waals surface area (Å²) in [5.41, 5.74) is 1.26. The van der Waals surface area contributed by atoms with Crippen LogP contribution in [-0.4, -0.2) is 71.0 Å². The van der Waals surface area contributed by atoms with E-state index in [2.05, 4.69) is 31.2 Å². The molecule has 2 heterocycles. The third-order valence-corrected chi connectivity index (χ3v) is 6.46. The van der Waals surface area contributed by atoms with Gasteiger partial charge < -0.3 is 9.80 Å². The molecule has 140 valence electrons. The second-order valence-corrected chi connectivity index (χ2v) is 8.40. The topological polar surface area (TPSA) is 60.9 Å². The summed E-state index contributed by atoms with van der Waals surface area (Å²) >= 11 is 1.88. The Balaban J connectivity index is 1.51. The standard InChI is InChI=1S/C19H25N3O3S/c1-13-5-4-6-15(11-13)26-14-7-9-22(10-8-14)17(23)12-16-18(24)21(3)19(25)20(16)2/h4-6,11,14,16H,7-10,12H2,1-3H3/t16-/m0/s1. The van der Waals surface area contributed by atoms with Gasteiger partial charge in [-0.3, -0.25) is 14.5 Å². The summed E-state index contributed by atoms with van der Waals surface area (Å²) in [6.07, 6.45) is 1.95. The Morgan fingerprint density at radius 3 is 2.46 bits per heavy atom. The fourth-order valence-corrected chi connectivity index (χ4v) is 4.72. The highest BCUT2D eigenvalue weighted by atomic mass is 32.2. The number of likely N-dealkylation sites (tertiary alicyclic amines) is 1. The van der Waals surface area contributed by atoms with Crippen LogP contribution in [0.3, 0.4) is 0 Å². The molecule has 0 aliphatic carbocycles. The van der Waals surface area contributed by atoms with Gasteiger partial charge >= 0.3 is 6.03 Å². The number of imide groups is 1. The molecule has 2 aliphatic heterocycles. The van der Waals surface area contributed by atoms with Gasteiger partial charge in [0.2, 0.25) is 5.91 Å². The number of hydrogen-bond donors (Lipinski definition) is 0. The van der Waals surface area contributed by atoms with E-state index in [-0.39, 0.29) is 24.3 Å². The van der Waals surface area contributed by atoms with Crippen molar-refractivity contribution < 1.29 is 14.4 Å². The monoisotopic (exact) mass is 375 g/mol. The molecule has 1 aromatic rings. The van der Waals surface area contributed by atoms with Crippen LogP contribution in [-0.2, 0) is 9.59 Å². The number of rotatable bonds is 4. The van der Waals surface area contributed by atoms with Crippen LogP contribution in [0.2, 0.25) is 0 Å². The fourth-order valence-electron chi connectivity index (χ4n) is 3.48. The zero-order valence-corrected chi connectivity index (χ0v) is 16.3. The summed E-state index contributed by atoms with van der Waals surface area (Å²) in [6.45, 7) is 3.50. The number of likely N-dealkylation sites (N-methyl/N-ethyl adjacent to an activating group) is 2. The second kappa shape index (κ2) is 7.70. The third-order valence-electron chi connectivity index (χ3n) is 5.13. The van der Waals surface area contributed by atoms with E-state index in [0.29, 0.717) is 18.3 Å². The molecular weight excluding hydrogens is 350 g/mol. The van der Waals surface area contributed by atoms with E-state index in [0.717, 1.165) is 17.7 Å². The predicted octanol–water partition coefficient (Wildman–Crippen LogP) is 2.36. The minimum atomic E-state index is -0.667. The highest BCUT2D eigenvalue weighted by Gasteiger charge is 2.42. The third kappa shape index (κ3) is 3.87. The lowest BCUT2D eigenvalue weighted by Gasteiger charge is -2.32. The summed E-state index contributed by atoms with van der Waals surface area (Å²) in [5.74, 6) is -0.340. The first-order valence-electron chi connectivity index (χ1n) is 8.92. The number of piperidine rings is 1. The van der Waals surface area contributed by atoms with Gasteiger partial charge in [-0.25, -0.2) is 4.79 Å².